The molecular formula is C17H21N5O2. The first-order valence-electron chi connectivity index (χ1n) is 8.60. The van der Waals surface area contributed by atoms with E-state index < -0.39 is 11.5 Å². The number of rotatable bonds is 3. The Morgan fingerprint density at radius 1 is 1.29 bits per heavy atom. The average Bonchev–Trinajstić information content (AvgIpc) is 2.93. The Morgan fingerprint density at radius 2 is 2.04 bits per heavy atom. The van der Waals surface area contributed by atoms with Gasteiger partial charge in [-0.25, -0.2) is 0 Å². The standard InChI is InChI=1S/C17H21N5O2/c18-14(23)13-12(11-1-2-19-15(11)22-21-13)20-16-4-9-3-10(5-16)7-17(24,6-9)8-16/h1-2,9-10,24H,3-8H2,(H2,18,23)(H2,19,20,22)/t9-,10+,16?,17?. The van der Waals surface area contributed by atoms with Gasteiger partial charge in [-0.15, -0.1) is 10.2 Å². The monoisotopic (exact) mass is 327 g/mol. The number of hydrogen-bond acceptors (Lipinski definition) is 5. The Kier molecular flexibility index (Phi) is 2.65. The molecule has 4 aliphatic rings. The minimum Gasteiger partial charge on any atom is -0.390 e. The summed E-state index contributed by atoms with van der Waals surface area (Å²) in [6.45, 7) is 0. The number of primary amides is 1. The molecule has 4 bridgehead atoms. The van der Waals surface area contributed by atoms with E-state index in [0.717, 1.165) is 37.5 Å². The molecule has 0 aliphatic heterocycles. The highest BCUT2D eigenvalue weighted by molar-refractivity contribution is 6.04. The third-order valence-electron chi connectivity index (χ3n) is 6.14. The van der Waals surface area contributed by atoms with Crippen molar-refractivity contribution < 1.29 is 9.90 Å². The SMILES string of the molecule is NC(=O)c1nnc2[nH]ccc2c1NC12C[C@@H]3C[C@@H](CC(O)(C3)C1)C2. The molecule has 4 aliphatic carbocycles. The van der Waals surface area contributed by atoms with E-state index in [0.29, 0.717) is 23.2 Å². The highest BCUT2D eigenvalue weighted by atomic mass is 16.3. The topological polar surface area (TPSA) is 117 Å². The number of hydrogen-bond donors (Lipinski definition) is 4. The Hall–Kier alpha value is -2.15. The van der Waals surface area contributed by atoms with Crippen LogP contribution in [0.15, 0.2) is 12.3 Å². The van der Waals surface area contributed by atoms with E-state index in [2.05, 4.69) is 20.5 Å². The fraction of sp³-hybridized carbons (Fsp3) is 0.588. The summed E-state index contributed by atoms with van der Waals surface area (Å²) in [6.07, 6.45) is 7.58. The zero-order chi connectivity index (χ0) is 16.5. The maximum atomic E-state index is 11.9. The van der Waals surface area contributed by atoms with Gasteiger partial charge in [0.15, 0.2) is 11.3 Å². The van der Waals surface area contributed by atoms with Crippen LogP contribution >= 0.6 is 0 Å². The molecule has 0 radical (unpaired) electrons. The third-order valence-corrected chi connectivity index (χ3v) is 6.14. The van der Waals surface area contributed by atoms with E-state index in [-0.39, 0.29) is 11.2 Å². The Balaban J connectivity index is 1.61. The number of H-pyrrole nitrogens is 1. The summed E-state index contributed by atoms with van der Waals surface area (Å²) in [4.78, 5) is 14.9. The van der Waals surface area contributed by atoms with Crippen LogP contribution in [0.2, 0.25) is 0 Å². The number of carbonyl (C=O) groups excluding carboxylic acids is 1. The third kappa shape index (κ3) is 1.97. The molecule has 126 valence electrons. The van der Waals surface area contributed by atoms with Crippen LogP contribution in [0.25, 0.3) is 11.0 Å². The van der Waals surface area contributed by atoms with Gasteiger partial charge < -0.3 is 21.1 Å². The molecule has 4 saturated carbocycles. The molecule has 2 unspecified atom stereocenters. The summed E-state index contributed by atoms with van der Waals surface area (Å²) in [5, 5.41) is 23.4. The van der Waals surface area contributed by atoms with Gasteiger partial charge in [0.2, 0.25) is 0 Å². The number of nitrogens with two attached hydrogens (primary N) is 1. The van der Waals surface area contributed by atoms with Gasteiger partial charge in [-0.1, -0.05) is 0 Å². The van der Waals surface area contributed by atoms with E-state index in [4.69, 9.17) is 5.73 Å². The van der Waals surface area contributed by atoms with Crippen molar-refractivity contribution in [3.8, 4) is 0 Å². The molecular weight excluding hydrogens is 306 g/mol. The fourth-order valence-corrected chi connectivity index (χ4v) is 5.85. The number of amides is 1. The van der Waals surface area contributed by atoms with Crippen LogP contribution in [0, 0.1) is 11.8 Å². The zero-order valence-corrected chi connectivity index (χ0v) is 13.4. The molecule has 2 aromatic heterocycles. The molecule has 2 heterocycles. The molecule has 7 heteroatoms. The molecule has 5 N–H and O–H groups in total. The molecule has 1 amide bonds. The summed E-state index contributed by atoms with van der Waals surface area (Å²) in [5.41, 5.74) is 6.23. The number of nitrogens with one attached hydrogen (secondary N) is 2. The number of aromatic amines is 1. The minimum atomic E-state index is -0.587. The number of nitrogens with zero attached hydrogens (tertiary/aromatic N) is 2. The van der Waals surface area contributed by atoms with Crippen molar-refractivity contribution >= 4 is 22.6 Å². The smallest absolute Gasteiger partial charge is 0.271 e. The van der Waals surface area contributed by atoms with Crippen LogP contribution in [-0.4, -0.2) is 37.3 Å². The van der Waals surface area contributed by atoms with E-state index in [1.165, 1.54) is 6.42 Å². The van der Waals surface area contributed by atoms with Gasteiger partial charge in [0.1, 0.15) is 0 Å². The Labute approximate surface area is 139 Å². The molecule has 2 aromatic rings. The van der Waals surface area contributed by atoms with Crippen molar-refractivity contribution in [3.63, 3.8) is 0 Å². The summed E-state index contributed by atoms with van der Waals surface area (Å²) in [6, 6.07) is 1.88. The quantitative estimate of drug-likeness (QED) is 0.682. The lowest BCUT2D eigenvalue weighted by Gasteiger charge is -2.60. The average molecular weight is 327 g/mol. The van der Waals surface area contributed by atoms with Gasteiger partial charge in [0.05, 0.1) is 11.3 Å². The van der Waals surface area contributed by atoms with Gasteiger partial charge in [0, 0.05) is 17.1 Å². The molecule has 0 spiro atoms. The van der Waals surface area contributed by atoms with Crippen LogP contribution in [0.5, 0.6) is 0 Å². The summed E-state index contributed by atoms with van der Waals surface area (Å²) in [7, 11) is 0. The molecule has 0 aromatic carbocycles. The lowest BCUT2D eigenvalue weighted by Crippen LogP contribution is -2.62. The molecule has 4 atom stereocenters. The van der Waals surface area contributed by atoms with Crippen molar-refractivity contribution in [2.45, 2.75) is 49.7 Å². The van der Waals surface area contributed by atoms with Gasteiger partial charge >= 0.3 is 0 Å². The fourth-order valence-electron chi connectivity index (χ4n) is 5.85. The number of anilines is 1. The second kappa shape index (κ2) is 4.47. The highest BCUT2D eigenvalue weighted by Crippen LogP contribution is 2.58. The molecule has 0 saturated heterocycles. The maximum Gasteiger partial charge on any atom is 0.271 e. The zero-order valence-electron chi connectivity index (χ0n) is 13.4. The van der Waals surface area contributed by atoms with Crippen molar-refractivity contribution in [1.29, 1.82) is 0 Å². The second-order valence-corrected chi connectivity index (χ2v) is 8.12. The highest BCUT2D eigenvalue weighted by Gasteiger charge is 2.57. The van der Waals surface area contributed by atoms with Crippen molar-refractivity contribution in [2.24, 2.45) is 17.6 Å². The predicted octanol–water partition coefficient (Wildman–Crippen LogP) is 1.55. The van der Waals surface area contributed by atoms with Crippen LogP contribution < -0.4 is 11.1 Å². The van der Waals surface area contributed by atoms with Crippen LogP contribution in [-0.2, 0) is 0 Å². The minimum absolute atomic E-state index is 0.171. The van der Waals surface area contributed by atoms with E-state index in [1.807, 2.05) is 6.07 Å². The molecule has 4 fully saturated rings. The molecule has 7 nitrogen and oxygen atoms in total. The Bertz CT molecular complexity index is 831. The predicted molar refractivity (Wildman–Crippen MR) is 88.4 cm³/mol. The first kappa shape index (κ1) is 14.2. The summed E-state index contributed by atoms with van der Waals surface area (Å²) < 4.78 is 0. The van der Waals surface area contributed by atoms with Gasteiger partial charge in [-0.3, -0.25) is 4.79 Å². The van der Waals surface area contributed by atoms with Crippen molar-refractivity contribution in [1.82, 2.24) is 15.2 Å². The van der Waals surface area contributed by atoms with E-state index >= 15 is 0 Å². The lowest BCUT2D eigenvalue weighted by atomic mass is 9.51. The first-order valence-corrected chi connectivity index (χ1v) is 8.60. The summed E-state index contributed by atoms with van der Waals surface area (Å²) >= 11 is 0. The second-order valence-electron chi connectivity index (χ2n) is 8.12. The molecule has 24 heavy (non-hydrogen) atoms. The van der Waals surface area contributed by atoms with Crippen LogP contribution in [0.3, 0.4) is 0 Å². The van der Waals surface area contributed by atoms with Crippen molar-refractivity contribution in [2.75, 3.05) is 5.32 Å². The lowest BCUT2D eigenvalue weighted by molar-refractivity contribution is -0.127. The number of carbonyl (C=O) groups is 1. The molecule has 6 rings (SSSR count). The number of aliphatic hydroxyl groups is 1. The Morgan fingerprint density at radius 3 is 2.71 bits per heavy atom. The van der Waals surface area contributed by atoms with Crippen LogP contribution in [0.1, 0.15) is 49.0 Å². The maximum absolute atomic E-state index is 11.9. The van der Waals surface area contributed by atoms with E-state index in [9.17, 15) is 9.90 Å². The van der Waals surface area contributed by atoms with Crippen molar-refractivity contribution in [3.05, 3.63) is 18.0 Å². The number of fused-ring (bicyclic) bond motifs is 1. The summed E-state index contributed by atoms with van der Waals surface area (Å²) in [5.74, 6) is 0.520. The van der Waals surface area contributed by atoms with Gasteiger partial charge in [-0.05, 0) is 56.4 Å². The first-order chi connectivity index (χ1) is 11.5. The van der Waals surface area contributed by atoms with Gasteiger partial charge in [0.25, 0.3) is 5.91 Å². The van der Waals surface area contributed by atoms with Gasteiger partial charge in [-0.2, -0.15) is 0 Å². The normalized spacial score (nSPS) is 37.0. The number of aromatic nitrogens is 3. The largest absolute Gasteiger partial charge is 0.390 e. The van der Waals surface area contributed by atoms with E-state index in [1.54, 1.807) is 6.20 Å². The van der Waals surface area contributed by atoms with Crippen LogP contribution in [0.4, 0.5) is 5.69 Å².